The topological polar surface area (TPSA) is 82.2 Å². The summed E-state index contributed by atoms with van der Waals surface area (Å²) in [5, 5.41) is 0. The largest absolute Gasteiger partial charge is 0.356 e. The number of amides is 3. The van der Waals surface area contributed by atoms with Crippen LogP contribution < -0.4 is 15.5 Å². The Morgan fingerprint density at radius 3 is 2.53 bits per heavy atom. The number of aryl methyl sites for hydroxylation is 1. The van der Waals surface area contributed by atoms with Crippen LogP contribution in [0.15, 0.2) is 53.5 Å². The van der Waals surface area contributed by atoms with Crippen molar-refractivity contribution in [1.82, 2.24) is 4.90 Å². The molecule has 7 nitrogen and oxygen atoms in total. The maximum Gasteiger partial charge on any atom is 0.321 e. The van der Waals surface area contributed by atoms with Gasteiger partial charge < -0.3 is 15.5 Å². The molecule has 3 amide bonds. The normalized spacial score (nSPS) is 18.7. The fraction of sp³-hybridized carbons (Fsp3) is 0.444. The molecule has 180 valence electrons. The lowest BCUT2D eigenvalue weighted by Gasteiger charge is -2.34. The van der Waals surface area contributed by atoms with Crippen molar-refractivity contribution in [3.63, 3.8) is 0 Å². The van der Waals surface area contributed by atoms with Crippen LogP contribution in [-0.4, -0.2) is 48.5 Å². The minimum absolute atomic E-state index is 0.248. The van der Waals surface area contributed by atoms with Crippen LogP contribution in [0.2, 0.25) is 0 Å². The quantitative estimate of drug-likeness (QED) is 0.702. The molecule has 0 radical (unpaired) electrons. The predicted octanol–water partition coefficient (Wildman–Crippen LogP) is 4.67. The summed E-state index contributed by atoms with van der Waals surface area (Å²) in [4.78, 5) is 37.1. The molecule has 0 bridgehead atoms. The maximum atomic E-state index is 14.0. The van der Waals surface area contributed by atoms with E-state index >= 15 is 0 Å². The molecule has 4 rings (SSSR count). The second kappa shape index (κ2) is 10.3. The van der Waals surface area contributed by atoms with Crippen LogP contribution in [0.4, 0.5) is 16.2 Å². The van der Waals surface area contributed by atoms with Crippen LogP contribution in [-0.2, 0) is 4.79 Å². The SMILES string of the molecule is CCCN1C(=O)C(N(C(N)=O)c2cccc(C)c2)N=C(N(C)C2CCCCC2)c2ccccc21. The minimum Gasteiger partial charge on any atom is -0.356 e. The summed E-state index contributed by atoms with van der Waals surface area (Å²) >= 11 is 0. The van der Waals surface area contributed by atoms with Gasteiger partial charge >= 0.3 is 6.03 Å². The van der Waals surface area contributed by atoms with E-state index in [-0.39, 0.29) is 5.91 Å². The number of carbonyl (C=O) groups is 2. The number of rotatable bonds is 5. The predicted molar refractivity (Wildman–Crippen MR) is 137 cm³/mol. The number of benzene rings is 2. The van der Waals surface area contributed by atoms with Crippen LogP contribution in [0.3, 0.4) is 0 Å². The number of hydrogen-bond acceptors (Lipinski definition) is 4. The highest BCUT2D eigenvalue weighted by Gasteiger charge is 2.39. The van der Waals surface area contributed by atoms with Crippen molar-refractivity contribution in [2.75, 3.05) is 23.4 Å². The molecule has 7 heteroatoms. The number of aliphatic imine (C=N–C) groups is 1. The van der Waals surface area contributed by atoms with Crippen LogP contribution in [0.5, 0.6) is 0 Å². The zero-order valence-electron chi connectivity index (χ0n) is 20.4. The Morgan fingerprint density at radius 1 is 1.12 bits per heavy atom. The zero-order chi connectivity index (χ0) is 24.2. The first-order valence-electron chi connectivity index (χ1n) is 12.3. The number of nitrogens with two attached hydrogens (primary N) is 1. The van der Waals surface area contributed by atoms with Crippen molar-refractivity contribution in [1.29, 1.82) is 0 Å². The summed E-state index contributed by atoms with van der Waals surface area (Å²) < 4.78 is 0. The number of benzodiazepines with no additional fused rings is 1. The molecule has 1 fully saturated rings. The standard InChI is InChI=1S/C27H35N5O2/c1-4-17-31-23-16-9-8-15-22(23)24(30(3)20-12-6-5-7-13-20)29-25(26(31)33)32(27(28)34)21-14-10-11-19(2)18-21/h8-11,14-16,18,20,25H,4-7,12-13,17H2,1-3H3,(H2,28,34). The lowest BCUT2D eigenvalue weighted by Crippen LogP contribution is -2.52. The van der Waals surface area contributed by atoms with Gasteiger partial charge in [-0.3, -0.25) is 9.69 Å². The molecule has 1 aliphatic heterocycles. The van der Waals surface area contributed by atoms with Crippen molar-refractivity contribution in [3.8, 4) is 0 Å². The number of primary amides is 1. The van der Waals surface area contributed by atoms with E-state index in [2.05, 4.69) is 11.9 Å². The van der Waals surface area contributed by atoms with Crippen LogP contribution in [0.1, 0.15) is 56.6 Å². The molecule has 0 spiro atoms. The van der Waals surface area contributed by atoms with E-state index in [1.165, 1.54) is 24.2 Å². The summed E-state index contributed by atoms with van der Waals surface area (Å²) in [7, 11) is 2.06. The fourth-order valence-corrected chi connectivity index (χ4v) is 5.11. The second-order valence-corrected chi connectivity index (χ2v) is 9.28. The number of urea groups is 1. The summed E-state index contributed by atoms with van der Waals surface area (Å²) in [6.45, 7) is 4.52. The smallest absolute Gasteiger partial charge is 0.321 e. The van der Waals surface area contributed by atoms with Crippen molar-refractivity contribution < 1.29 is 9.59 Å². The highest BCUT2D eigenvalue weighted by atomic mass is 16.2. The van der Waals surface area contributed by atoms with E-state index < -0.39 is 12.2 Å². The van der Waals surface area contributed by atoms with E-state index in [9.17, 15) is 9.59 Å². The number of anilines is 2. The number of fused-ring (bicyclic) bond motifs is 1. The summed E-state index contributed by atoms with van der Waals surface area (Å²) in [6.07, 6.45) is 5.50. The summed E-state index contributed by atoms with van der Waals surface area (Å²) in [6, 6.07) is 15.0. The third-order valence-corrected chi connectivity index (χ3v) is 6.83. The van der Waals surface area contributed by atoms with Crippen LogP contribution >= 0.6 is 0 Å². The molecule has 0 saturated heterocycles. The highest BCUT2D eigenvalue weighted by Crippen LogP contribution is 2.32. The van der Waals surface area contributed by atoms with E-state index in [0.717, 1.165) is 41.9 Å². The molecule has 1 heterocycles. The molecule has 2 aromatic rings. The monoisotopic (exact) mass is 461 g/mol. The number of carbonyl (C=O) groups excluding carboxylic acids is 2. The van der Waals surface area contributed by atoms with Gasteiger partial charge in [0.2, 0.25) is 6.17 Å². The van der Waals surface area contributed by atoms with E-state index in [4.69, 9.17) is 10.7 Å². The molecular weight excluding hydrogens is 426 g/mol. The lowest BCUT2D eigenvalue weighted by molar-refractivity contribution is -0.119. The number of amidine groups is 1. The van der Waals surface area contributed by atoms with Gasteiger partial charge in [0.1, 0.15) is 5.84 Å². The first-order valence-corrected chi connectivity index (χ1v) is 12.3. The van der Waals surface area contributed by atoms with Gasteiger partial charge in [0.05, 0.1) is 5.69 Å². The molecule has 1 saturated carbocycles. The van der Waals surface area contributed by atoms with Crippen LogP contribution in [0.25, 0.3) is 0 Å². The lowest BCUT2D eigenvalue weighted by atomic mass is 9.94. The molecular formula is C27H35N5O2. The van der Waals surface area contributed by atoms with Gasteiger partial charge in [-0.15, -0.1) is 0 Å². The Morgan fingerprint density at radius 2 is 1.85 bits per heavy atom. The Balaban J connectivity index is 1.89. The van der Waals surface area contributed by atoms with Gasteiger partial charge in [-0.05, 0) is 56.0 Å². The third-order valence-electron chi connectivity index (χ3n) is 6.83. The van der Waals surface area contributed by atoms with Gasteiger partial charge in [0.15, 0.2) is 0 Å². The molecule has 1 unspecified atom stereocenters. The van der Waals surface area contributed by atoms with Crippen molar-refractivity contribution in [2.24, 2.45) is 10.7 Å². The van der Waals surface area contributed by atoms with Crippen molar-refractivity contribution in [2.45, 2.75) is 64.6 Å². The van der Waals surface area contributed by atoms with Gasteiger partial charge in [0, 0.05) is 30.9 Å². The molecule has 1 aliphatic carbocycles. The Hall–Kier alpha value is -3.35. The zero-order valence-corrected chi connectivity index (χ0v) is 20.4. The van der Waals surface area contributed by atoms with Crippen LogP contribution in [0, 0.1) is 6.92 Å². The minimum atomic E-state index is -1.08. The Bertz CT molecular complexity index is 1080. The van der Waals surface area contributed by atoms with E-state index in [1.807, 2.05) is 56.3 Å². The number of para-hydroxylation sites is 1. The van der Waals surface area contributed by atoms with E-state index in [1.54, 1.807) is 11.0 Å². The molecule has 2 aliphatic rings. The first kappa shape index (κ1) is 23.8. The average molecular weight is 462 g/mol. The molecule has 0 aromatic heterocycles. The third kappa shape index (κ3) is 4.65. The van der Waals surface area contributed by atoms with E-state index in [0.29, 0.717) is 18.3 Å². The highest BCUT2D eigenvalue weighted by molar-refractivity contribution is 6.14. The van der Waals surface area contributed by atoms with Crippen molar-refractivity contribution in [3.05, 3.63) is 59.7 Å². The summed E-state index contributed by atoms with van der Waals surface area (Å²) in [5.41, 5.74) is 9.16. The van der Waals surface area contributed by atoms with Gasteiger partial charge in [0.25, 0.3) is 5.91 Å². The molecule has 2 aromatic carbocycles. The fourth-order valence-electron chi connectivity index (χ4n) is 5.11. The van der Waals surface area contributed by atoms with Gasteiger partial charge in [-0.25, -0.2) is 9.79 Å². The first-order chi connectivity index (χ1) is 16.4. The van der Waals surface area contributed by atoms with Gasteiger partial charge in [-0.2, -0.15) is 0 Å². The number of nitrogens with zero attached hydrogens (tertiary/aromatic N) is 4. The average Bonchev–Trinajstić information content (AvgIpc) is 2.95. The molecule has 2 N–H and O–H groups in total. The number of hydrogen-bond donors (Lipinski definition) is 1. The Kier molecular flexibility index (Phi) is 7.20. The Labute approximate surface area is 202 Å². The second-order valence-electron chi connectivity index (χ2n) is 9.28. The molecule has 34 heavy (non-hydrogen) atoms. The summed E-state index contributed by atoms with van der Waals surface area (Å²) in [5.74, 6) is 0.486. The van der Waals surface area contributed by atoms with Gasteiger partial charge in [-0.1, -0.05) is 50.5 Å². The maximum absolute atomic E-state index is 14.0. The van der Waals surface area contributed by atoms with Crippen molar-refractivity contribution >= 4 is 29.1 Å². The molecule has 1 atom stereocenters.